The summed E-state index contributed by atoms with van der Waals surface area (Å²) in [6, 6.07) is 18.8. The molecule has 0 amide bonds. The zero-order valence-electron chi connectivity index (χ0n) is 21.9. The van der Waals surface area contributed by atoms with Gasteiger partial charge in [0.25, 0.3) is 0 Å². The lowest BCUT2D eigenvalue weighted by molar-refractivity contribution is -0.134. The first-order valence-electron chi connectivity index (χ1n) is 13.3. The highest BCUT2D eigenvalue weighted by Crippen LogP contribution is 2.30. The van der Waals surface area contributed by atoms with Gasteiger partial charge >= 0.3 is 17.9 Å². The molecule has 3 aromatic rings. The Labute approximate surface area is 228 Å². The first kappa shape index (κ1) is 27.9. The van der Waals surface area contributed by atoms with Gasteiger partial charge in [-0.25, -0.2) is 9.59 Å². The van der Waals surface area contributed by atoms with Crippen molar-refractivity contribution in [2.24, 2.45) is 5.92 Å². The van der Waals surface area contributed by atoms with Crippen LogP contribution < -0.4 is 4.74 Å². The first-order valence-corrected chi connectivity index (χ1v) is 13.3. The Morgan fingerprint density at radius 3 is 2.31 bits per heavy atom. The first-order chi connectivity index (χ1) is 18.9. The number of phenols is 1. The van der Waals surface area contributed by atoms with Gasteiger partial charge < -0.3 is 20.1 Å². The van der Waals surface area contributed by atoms with Crippen LogP contribution in [0.2, 0.25) is 0 Å². The summed E-state index contributed by atoms with van der Waals surface area (Å²) in [5.41, 5.74) is 4.86. The third kappa shape index (κ3) is 8.19. The number of ether oxygens (including phenoxy) is 1. The zero-order chi connectivity index (χ0) is 27.6. The highest BCUT2D eigenvalue weighted by Gasteiger charge is 2.24. The number of imidazole rings is 1. The van der Waals surface area contributed by atoms with Crippen LogP contribution in [0.15, 0.2) is 66.7 Å². The fraction of sp³-hybridized carbons (Fsp3) is 0.367. The van der Waals surface area contributed by atoms with Gasteiger partial charge in [0, 0.05) is 24.4 Å². The number of carboxylic acid groups (broad SMARTS) is 2. The number of aryl methyl sites for hydroxylation is 1. The van der Waals surface area contributed by atoms with Gasteiger partial charge in [-0.2, -0.15) is 4.98 Å². The van der Waals surface area contributed by atoms with Gasteiger partial charge in [0.15, 0.2) is 0 Å². The number of fused-ring (bicyclic) bond motifs is 1. The van der Waals surface area contributed by atoms with E-state index >= 15 is 0 Å². The quantitative estimate of drug-likeness (QED) is 0.363. The Morgan fingerprint density at radius 1 is 0.949 bits per heavy atom. The summed E-state index contributed by atoms with van der Waals surface area (Å²) in [6.07, 6.45) is 7.95. The predicted molar refractivity (Wildman–Crippen MR) is 146 cm³/mol. The number of piperidine rings is 1. The van der Waals surface area contributed by atoms with Gasteiger partial charge in [-0.05, 0) is 87.4 Å². The minimum atomic E-state index is -1.26. The Balaban J connectivity index is 0.000000386. The smallest absolute Gasteiger partial charge is 0.328 e. The Hall–Kier alpha value is -4.11. The predicted octanol–water partition coefficient (Wildman–Crippen LogP) is 4.46. The number of aliphatic carboxylic acids is 2. The molecular formula is C30H35N3O6. The van der Waals surface area contributed by atoms with E-state index in [0.29, 0.717) is 23.8 Å². The number of nitrogens with zero attached hydrogens (tertiary/aromatic N) is 3. The average Bonchev–Trinajstić information content (AvgIpc) is 3.31. The molecule has 1 saturated heterocycles. The van der Waals surface area contributed by atoms with Crippen molar-refractivity contribution in [2.75, 3.05) is 19.7 Å². The number of aromatic nitrogens is 2. The van der Waals surface area contributed by atoms with Crippen molar-refractivity contribution in [2.45, 2.75) is 45.1 Å². The van der Waals surface area contributed by atoms with Crippen LogP contribution in [0.3, 0.4) is 0 Å². The number of hydrogen-bond acceptors (Lipinski definition) is 6. The van der Waals surface area contributed by atoms with Gasteiger partial charge in [0.2, 0.25) is 0 Å². The van der Waals surface area contributed by atoms with Crippen molar-refractivity contribution in [3.63, 3.8) is 0 Å². The van der Waals surface area contributed by atoms with Crippen molar-refractivity contribution in [1.82, 2.24) is 14.5 Å². The lowest BCUT2D eigenvalue weighted by atomic mass is 9.97. The highest BCUT2D eigenvalue weighted by atomic mass is 16.5. The molecule has 2 aromatic carbocycles. The maximum absolute atomic E-state index is 9.69. The number of carboxylic acids is 2. The van der Waals surface area contributed by atoms with Crippen LogP contribution in [-0.4, -0.2) is 61.4 Å². The summed E-state index contributed by atoms with van der Waals surface area (Å²) in [5.74, 6) is -1.62. The normalized spacial score (nSPS) is 15.8. The number of benzene rings is 2. The molecule has 206 valence electrons. The second kappa shape index (κ2) is 13.6. The molecule has 9 nitrogen and oxygen atoms in total. The van der Waals surface area contributed by atoms with E-state index in [4.69, 9.17) is 19.9 Å². The van der Waals surface area contributed by atoms with Crippen molar-refractivity contribution in [3.8, 4) is 17.4 Å². The number of phenolic OH excluding ortho intramolecular Hbond substituents is 1. The third-order valence-electron chi connectivity index (χ3n) is 6.96. The Kier molecular flexibility index (Phi) is 9.74. The second-order valence-corrected chi connectivity index (χ2v) is 9.88. The van der Waals surface area contributed by atoms with E-state index in [1.54, 1.807) is 6.07 Å². The largest absolute Gasteiger partial charge is 0.508 e. The summed E-state index contributed by atoms with van der Waals surface area (Å²) in [5, 5.41) is 25.3. The maximum atomic E-state index is 9.69. The lowest BCUT2D eigenvalue weighted by Crippen LogP contribution is -2.35. The monoisotopic (exact) mass is 533 g/mol. The molecule has 1 aliphatic heterocycles. The molecule has 1 aliphatic carbocycles. The number of hydrogen-bond donors (Lipinski definition) is 3. The van der Waals surface area contributed by atoms with E-state index in [1.807, 2.05) is 12.1 Å². The summed E-state index contributed by atoms with van der Waals surface area (Å²) < 4.78 is 8.59. The fourth-order valence-electron chi connectivity index (χ4n) is 5.02. The standard InChI is InChI=1S/C26H31N3O2.C4H4O4/c30-23-10-6-7-21(17-23)18-28-15-13-20(14-16-28)19-31-26-27-24-11-4-5-12-25(24)29(26)22-8-2-1-3-9-22;5-3(6)1-2-4(7)8/h1-3,6-10,17,20,30H,4-5,11-16,18-19H2;1-2H,(H,5,6)(H,7,8)/b;2-1+. The molecule has 0 spiro atoms. The molecule has 9 heteroatoms. The van der Waals surface area contributed by atoms with E-state index in [0.717, 1.165) is 63.6 Å². The van der Waals surface area contributed by atoms with Gasteiger partial charge in [0.05, 0.1) is 18.0 Å². The van der Waals surface area contributed by atoms with Gasteiger partial charge in [-0.1, -0.05) is 30.3 Å². The van der Waals surface area contributed by atoms with E-state index in [-0.39, 0.29) is 0 Å². The molecule has 0 atom stereocenters. The molecular weight excluding hydrogens is 498 g/mol. The molecule has 39 heavy (non-hydrogen) atoms. The van der Waals surface area contributed by atoms with Crippen LogP contribution in [0.5, 0.6) is 11.8 Å². The van der Waals surface area contributed by atoms with E-state index in [9.17, 15) is 14.7 Å². The molecule has 0 bridgehead atoms. The minimum Gasteiger partial charge on any atom is -0.508 e. The Bertz CT molecular complexity index is 1260. The summed E-state index contributed by atoms with van der Waals surface area (Å²) in [7, 11) is 0. The average molecular weight is 534 g/mol. The van der Waals surface area contributed by atoms with E-state index < -0.39 is 11.9 Å². The van der Waals surface area contributed by atoms with Crippen molar-refractivity contribution in [3.05, 3.63) is 83.7 Å². The second-order valence-electron chi connectivity index (χ2n) is 9.88. The van der Waals surface area contributed by atoms with Crippen LogP contribution >= 0.6 is 0 Å². The van der Waals surface area contributed by atoms with Crippen LogP contribution in [0.1, 0.15) is 42.6 Å². The molecule has 1 fully saturated rings. The van der Waals surface area contributed by atoms with Crippen LogP contribution in [-0.2, 0) is 29.0 Å². The molecule has 5 rings (SSSR count). The zero-order valence-corrected chi connectivity index (χ0v) is 21.9. The van der Waals surface area contributed by atoms with E-state index in [2.05, 4.69) is 45.9 Å². The fourth-order valence-corrected chi connectivity index (χ4v) is 5.02. The molecule has 3 N–H and O–H groups in total. The van der Waals surface area contributed by atoms with Crippen molar-refractivity contribution < 1.29 is 29.6 Å². The highest BCUT2D eigenvalue weighted by molar-refractivity contribution is 5.89. The Morgan fingerprint density at radius 2 is 1.64 bits per heavy atom. The summed E-state index contributed by atoms with van der Waals surface area (Å²) >= 11 is 0. The topological polar surface area (TPSA) is 125 Å². The summed E-state index contributed by atoms with van der Waals surface area (Å²) in [6.45, 7) is 3.75. The number of likely N-dealkylation sites (tertiary alicyclic amines) is 1. The number of para-hydroxylation sites is 1. The van der Waals surface area contributed by atoms with Gasteiger partial charge in [-0.3, -0.25) is 9.47 Å². The number of carbonyl (C=O) groups is 2. The molecule has 0 saturated carbocycles. The molecule has 2 heterocycles. The van der Waals surface area contributed by atoms with Crippen LogP contribution in [0.4, 0.5) is 0 Å². The van der Waals surface area contributed by atoms with Gasteiger partial charge in [0.1, 0.15) is 5.75 Å². The molecule has 2 aliphatic rings. The molecule has 0 radical (unpaired) electrons. The van der Waals surface area contributed by atoms with Crippen molar-refractivity contribution in [1.29, 1.82) is 0 Å². The van der Waals surface area contributed by atoms with E-state index in [1.165, 1.54) is 29.8 Å². The summed E-state index contributed by atoms with van der Waals surface area (Å²) in [4.78, 5) is 26.5. The molecule has 1 aromatic heterocycles. The van der Waals surface area contributed by atoms with Crippen LogP contribution in [0, 0.1) is 5.92 Å². The minimum absolute atomic E-state index is 0.345. The number of rotatable bonds is 8. The lowest BCUT2D eigenvalue weighted by Gasteiger charge is -2.31. The maximum Gasteiger partial charge on any atom is 0.328 e. The van der Waals surface area contributed by atoms with Crippen molar-refractivity contribution >= 4 is 11.9 Å². The number of aromatic hydroxyl groups is 1. The molecule has 0 unspecified atom stereocenters. The van der Waals surface area contributed by atoms with Gasteiger partial charge in [-0.15, -0.1) is 0 Å². The third-order valence-corrected chi connectivity index (χ3v) is 6.96. The SMILES string of the molecule is O=C(O)/C=C/C(=O)O.Oc1cccc(CN2CCC(COc3nc4c(n3-c3ccccc3)CCCC4)CC2)c1. The van der Waals surface area contributed by atoms with Crippen LogP contribution in [0.25, 0.3) is 5.69 Å².